The molecule has 1 aliphatic rings. The average Bonchev–Trinajstić information content (AvgIpc) is 2.38. The normalized spacial score (nSPS) is 17.1. The van der Waals surface area contributed by atoms with Gasteiger partial charge in [-0.2, -0.15) is 0 Å². The summed E-state index contributed by atoms with van der Waals surface area (Å²) < 4.78 is 33.4. The molecule has 1 aliphatic heterocycles. The Balaban J connectivity index is 0.00000144. The summed E-state index contributed by atoms with van der Waals surface area (Å²) in [6, 6.07) is 5.41. The van der Waals surface area contributed by atoms with Crippen LogP contribution in [0.4, 0.5) is 5.69 Å². The number of nitrogens with zero attached hydrogens (tertiary/aromatic N) is 1. The molecule has 0 aromatic heterocycles. The molecule has 4 nitrogen and oxygen atoms in total. The van der Waals surface area contributed by atoms with Gasteiger partial charge in [-0.3, -0.25) is 0 Å². The summed E-state index contributed by atoms with van der Waals surface area (Å²) in [5.41, 5.74) is 1.52. The van der Waals surface area contributed by atoms with Gasteiger partial charge in [-0.25, -0.2) is 13.4 Å². The van der Waals surface area contributed by atoms with Gasteiger partial charge >= 0.3 is 51.4 Å². The van der Waals surface area contributed by atoms with E-state index in [4.69, 9.17) is 0 Å². The van der Waals surface area contributed by atoms with Crippen LogP contribution in [0.5, 0.6) is 0 Å². The third-order valence-electron chi connectivity index (χ3n) is 2.87. The molecule has 0 amide bonds. The van der Waals surface area contributed by atoms with Crippen LogP contribution in [0.15, 0.2) is 23.2 Å². The van der Waals surface area contributed by atoms with E-state index >= 15 is 0 Å². The standard InChI is InChI=1S/C11H13NO3S.K/c1-7-5-4-6-8-9(7)11(2,3)10(12-8)16(13,14)15;/h4-6H,1-3H3,(H,13,14,15);/q;+1/p-1. The van der Waals surface area contributed by atoms with E-state index in [2.05, 4.69) is 4.99 Å². The summed E-state index contributed by atoms with van der Waals surface area (Å²) in [4.78, 5) is 3.95. The third-order valence-corrected chi connectivity index (χ3v) is 3.94. The first-order valence-electron chi connectivity index (χ1n) is 4.90. The Morgan fingerprint density at radius 3 is 2.35 bits per heavy atom. The fraction of sp³-hybridized carbons (Fsp3) is 0.364. The fourth-order valence-electron chi connectivity index (χ4n) is 2.28. The van der Waals surface area contributed by atoms with E-state index in [-0.39, 0.29) is 56.4 Å². The fourth-order valence-corrected chi connectivity index (χ4v) is 3.22. The molecule has 0 saturated heterocycles. The minimum Gasteiger partial charge on any atom is -0.743 e. The summed E-state index contributed by atoms with van der Waals surface area (Å²) in [5.74, 6) is 0. The second kappa shape index (κ2) is 4.84. The molecule has 0 atom stereocenters. The van der Waals surface area contributed by atoms with Gasteiger partial charge < -0.3 is 4.55 Å². The van der Waals surface area contributed by atoms with E-state index in [1.54, 1.807) is 26.0 Å². The molecule has 0 spiro atoms. The van der Waals surface area contributed by atoms with Crippen LogP contribution in [-0.4, -0.2) is 18.0 Å². The van der Waals surface area contributed by atoms with Crippen LogP contribution in [0.1, 0.15) is 25.0 Å². The molecule has 0 unspecified atom stereocenters. The van der Waals surface area contributed by atoms with E-state index in [1.165, 1.54) is 0 Å². The first-order chi connectivity index (χ1) is 7.24. The van der Waals surface area contributed by atoms with E-state index < -0.39 is 15.5 Å². The quantitative estimate of drug-likeness (QED) is 0.445. The Kier molecular flexibility index (Phi) is 4.41. The van der Waals surface area contributed by atoms with Gasteiger partial charge in [0.25, 0.3) is 0 Å². The van der Waals surface area contributed by atoms with Crippen LogP contribution in [0.2, 0.25) is 0 Å². The Bertz CT molecular complexity index is 591. The average molecular weight is 277 g/mol. The second-order valence-electron chi connectivity index (χ2n) is 4.47. The van der Waals surface area contributed by atoms with Crippen molar-refractivity contribution < 1.29 is 64.4 Å². The van der Waals surface area contributed by atoms with E-state index in [1.807, 2.05) is 13.0 Å². The third kappa shape index (κ3) is 2.58. The number of aryl methyl sites for hydroxylation is 1. The zero-order valence-corrected chi connectivity index (χ0v) is 14.3. The summed E-state index contributed by atoms with van der Waals surface area (Å²) in [7, 11) is -4.49. The molecule has 17 heavy (non-hydrogen) atoms. The largest absolute Gasteiger partial charge is 1.00 e. The van der Waals surface area contributed by atoms with Crippen LogP contribution in [0, 0.1) is 6.92 Å². The van der Waals surface area contributed by atoms with Crippen molar-refractivity contribution in [2.45, 2.75) is 26.2 Å². The van der Waals surface area contributed by atoms with Crippen LogP contribution in [0.3, 0.4) is 0 Å². The number of fused-ring (bicyclic) bond motifs is 1. The molecule has 86 valence electrons. The van der Waals surface area contributed by atoms with Crippen molar-refractivity contribution in [1.29, 1.82) is 0 Å². The summed E-state index contributed by atoms with van der Waals surface area (Å²) >= 11 is 0. The minimum atomic E-state index is -4.49. The maximum Gasteiger partial charge on any atom is 1.00 e. The molecule has 6 heteroatoms. The molecular weight excluding hydrogens is 265 g/mol. The molecule has 1 heterocycles. The zero-order valence-electron chi connectivity index (χ0n) is 10.3. The van der Waals surface area contributed by atoms with Gasteiger partial charge in [-0.15, -0.1) is 0 Å². The second-order valence-corrected chi connectivity index (χ2v) is 5.76. The zero-order chi connectivity index (χ0) is 12.1. The predicted octanol–water partition coefficient (Wildman–Crippen LogP) is -1.13. The first kappa shape index (κ1) is 15.5. The Morgan fingerprint density at radius 2 is 1.88 bits per heavy atom. The van der Waals surface area contributed by atoms with Gasteiger partial charge in [0.1, 0.15) is 15.2 Å². The predicted molar refractivity (Wildman–Crippen MR) is 61.0 cm³/mol. The molecule has 0 saturated carbocycles. The van der Waals surface area contributed by atoms with Gasteiger partial charge in [0.15, 0.2) is 0 Å². The molecule has 0 bridgehead atoms. The van der Waals surface area contributed by atoms with Crippen molar-refractivity contribution in [3.05, 3.63) is 29.3 Å². The Morgan fingerprint density at radius 1 is 1.29 bits per heavy atom. The molecule has 1 aromatic rings. The van der Waals surface area contributed by atoms with Gasteiger partial charge in [0.05, 0.1) is 5.69 Å². The van der Waals surface area contributed by atoms with Gasteiger partial charge in [0, 0.05) is 5.41 Å². The molecule has 1 aromatic carbocycles. The summed E-state index contributed by atoms with van der Waals surface area (Å²) in [6.45, 7) is 5.30. The SMILES string of the molecule is Cc1cccc2c1C(C)(C)C(S(=O)(=O)[O-])=N2.[K+]. The van der Waals surface area contributed by atoms with E-state index in [0.29, 0.717) is 5.69 Å². The van der Waals surface area contributed by atoms with Crippen molar-refractivity contribution in [2.24, 2.45) is 4.99 Å². The molecule has 0 radical (unpaired) electrons. The monoisotopic (exact) mass is 277 g/mol. The van der Waals surface area contributed by atoms with Crippen LogP contribution in [-0.2, 0) is 15.5 Å². The smallest absolute Gasteiger partial charge is 0.743 e. The molecule has 0 N–H and O–H groups in total. The Labute approximate surface area is 144 Å². The molecule has 0 aliphatic carbocycles. The molecular formula is C11H12KNO3S. The number of rotatable bonds is 0. The van der Waals surface area contributed by atoms with E-state index in [0.717, 1.165) is 11.1 Å². The van der Waals surface area contributed by atoms with Crippen molar-refractivity contribution in [3.8, 4) is 0 Å². The van der Waals surface area contributed by atoms with E-state index in [9.17, 15) is 13.0 Å². The number of hydrogen-bond donors (Lipinski definition) is 0. The Hall–Kier alpha value is 0.436. The number of benzene rings is 1. The first-order valence-corrected chi connectivity index (χ1v) is 6.30. The number of aliphatic imine (C=N–C) groups is 1. The van der Waals surface area contributed by atoms with Crippen LogP contribution in [0.25, 0.3) is 0 Å². The van der Waals surface area contributed by atoms with Crippen LogP contribution >= 0.6 is 0 Å². The topological polar surface area (TPSA) is 69.6 Å². The van der Waals surface area contributed by atoms with Crippen molar-refractivity contribution >= 4 is 20.8 Å². The van der Waals surface area contributed by atoms with Crippen molar-refractivity contribution in [1.82, 2.24) is 0 Å². The molecule has 0 fully saturated rings. The van der Waals surface area contributed by atoms with Gasteiger partial charge in [-0.1, -0.05) is 12.1 Å². The van der Waals surface area contributed by atoms with Gasteiger partial charge in [0.2, 0.25) is 0 Å². The maximum atomic E-state index is 11.1. The molecule has 2 rings (SSSR count). The summed E-state index contributed by atoms with van der Waals surface area (Å²) in [5, 5.41) is -0.288. The van der Waals surface area contributed by atoms with Gasteiger partial charge in [-0.05, 0) is 38.0 Å². The van der Waals surface area contributed by atoms with Crippen molar-refractivity contribution in [2.75, 3.05) is 0 Å². The van der Waals surface area contributed by atoms with Crippen LogP contribution < -0.4 is 51.4 Å². The van der Waals surface area contributed by atoms with Crippen molar-refractivity contribution in [3.63, 3.8) is 0 Å². The summed E-state index contributed by atoms with van der Waals surface area (Å²) in [6.07, 6.45) is 0. The minimum absolute atomic E-state index is 0. The number of hydrogen-bond acceptors (Lipinski definition) is 4. The maximum absolute atomic E-state index is 11.1.